The summed E-state index contributed by atoms with van der Waals surface area (Å²) < 4.78 is 28.2. The van der Waals surface area contributed by atoms with Crippen molar-refractivity contribution in [2.45, 2.75) is 20.0 Å². The number of aromatic nitrogens is 2. The lowest BCUT2D eigenvalue weighted by atomic mass is 10.1. The van der Waals surface area contributed by atoms with Gasteiger partial charge < -0.3 is 5.32 Å². The second kappa shape index (κ2) is 8.19. The molecule has 8 heteroatoms. The summed E-state index contributed by atoms with van der Waals surface area (Å²) in [4.78, 5) is 16.9. The van der Waals surface area contributed by atoms with Crippen molar-refractivity contribution < 1.29 is 8.78 Å². The van der Waals surface area contributed by atoms with Gasteiger partial charge in [0.25, 0.3) is 5.56 Å². The number of nitrogens with zero attached hydrogens (tertiary/aromatic N) is 3. The first-order valence-electron chi connectivity index (χ1n) is 8.33. The van der Waals surface area contributed by atoms with Crippen molar-refractivity contribution in [3.63, 3.8) is 0 Å². The van der Waals surface area contributed by atoms with Gasteiger partial charge in [0.15, 0.2) is 5.82 Å². The van der Waals surface area contributed by atoms with E-state index in [1.807, 2.05) is 6.07 Å². The molecule has 0 aliphatic heterocycles. The van der Waals surface area contributed by atoms with E-state index in [9.17, 15) is 13.6 Å². The third kappa shape index (κ3) is 4.18. The van der Waals surface area contributed by atoms with Crippen LogP contribution in [-0.4, -0.2) is 9.55 Å². The normalized spacial score (nSPS) is 10.5. The Bertz CT molecular complexity index is 1120. The molecule has 1 aromatic heterocycles. The molecule has 142 valence electrons. The largest absolute Gasteiger partial charge is 0.364 e. The van der Waals surface area contributed by atoms with Gasteiger partial charge in [0.05, 0.1) is 18.2 Å². The van der Waals surface area contributed by atoms with Crippen molar-refractivity contribution in [3.8, 4) is 6.07 Å². The molecule has 0 saturated heterocycles. The van der Waals surface area contributed by atoms with Gasteiger partial charge in [-0.1, -0.05) is 29.8 Å². The molecule has 0 unspecified atom stereocenters. The Morgan fingerprint density at radius 3 is 2.57 bits per heavy atom. The Morgan fingerprint density at radius 1 is 1.21 bits per heavy atom. The predicted octanol–water partition coefficient (Wildman–Crippen LogP) is 4.02. The fourth-order valence-corrected chi connectivity index (χ4v) is 2.86. The summed E-state index contributed by atoms with van der Waals surface area (Å²) in [6.45, 7) is 1.90. The van der Waals surface area contributed by atoms with Crippen LogP contribution in [0.5, 0.6) is 0 Å². The van der Waals surface area contributed by atoms with Gasteiger partial charge in [-0.05, 0) is 30.7 Å². The van der Waals surface area contributed by atoms with E-state index < -0.39 is 17.2 Å². The third-order valence-corrected chi connectivity index (χ3v) is 4.53. The number of nitriles is 1. The Kier molecular flexibility index (Phi) is 5.71. The predicted molar refractivity (Wildman–Crippen MR) is 102 cm³/mol. The number of benzene rings is 2. The highest BCUT2D eigenvalue weighted by Crippen LogP contribution is 2.18. The maximum Gasteiger partial charge on any atom is 0.274 e. The summed E-state index contributed by atoms with van der Waals surface area (Å²) in [7, 11) is 0. The minimum atomic E-state index is -0.700. The van der Waals surface area contributed by atoms with Gasteiger partial charge in [0.1, 0.15) is 22.5 Å². The highest BCUT2D eigenvalue weighted by Gasteiger charge is 2.14. The molecular formula is C20H15ClF2N4O. The van der Waals surface area contributed by atoms with Crippen LogP contribution < -0.4 is 10.9 Å². The van der Waals surface area contributed by atoms with E-state index in [0.717, 1.165) is 17.7 Å². The van der Waals surface area contributed by atoms with E-state index in [2.05, 4.69) is 10.3 Å². The molecule has 3 rings (SSSR count). The molecule has 0 spiro atoms. The average molecular weight is 401 g/mol. The molecule has 0 saturated carbocycles. The topological polar surface area (TPSA) is 70.7 Å². The van der Waals surface area contributed by atoms with Crippen LogP contribution in [0.4, 0.5) is 14.6 Å². The summed E-state index contributed by atoms with van der Waals surface area (Å²) in [6, 6.07) is 12.1. The summed E-state index contributed by atoms with van der Waals surface area (Å²) in [5, 5.41) is 11.6. The maximum absolute atomic E-state index is 13.8. The standard InChI is InChI=1S/C20H15ClF2N4O/c1-12-26-19(25-10-15-6-7-16(22)8-17(15)23)18(21)20(28)27(12)11-14-4-2-13(9-24)3-5-14/h2-8,25H,10-11H2,1H3. The lowest BCUT2D eigenvalue weighted by Gasteiger charge is -2.14. The molecular weight excluding hydrogens is 386 g/mol. The fraction of sp³-hybridized carbons (Fsp3) is 0.150. The first-order chi connectivity index (χ1) is 13.4. The Balaban J connectivity index is 1.83. The van der Waals surface area contributed by atoms with Crippen molar-refractivity contribution in [2.24, 2.45) is 0 Å². The van der Waals surface area contributed by atoms with Gasteiger partial charge in [-0.2, -0.15) is 5.26 Å². The lowest BCUT2D eigenvalue weighted by Crippen LogP contribution is -2.26. The van der Waals surface area contributed by atoms with E-state index in [1.165, 1.54) is 10.6 Å². The Hall–Kier alpha value is -3.24. The minimum Gasteiger partial charge on any atom is -0.364 e. The third-order valence-electron chi connectivity index (χ3n) is 4.19. The highest BCUT2D eigenvalue weighted by atomic mass is 35.5. The lowest BCUT2D eigenvalue weighted by molar-refractivity contribution is 0.574. The minimum absolute atomic E-state index is 0.00263. The second-order valence-corrected chi connectivity index (χ2v) is 6.49. The number of halogens is 3. The highest BCUT2D eigenvalue weighted by molar-refractivity contribution is 6.32. The van der Waals surface area contributed by atoms with E-state index in [1.54, 1.807) is 31.2 Å². The van der Waals surface area contributed by atoms with Crippen LogP contribution in [0.15, 0.2) is 47.3 Å². The zero-order chi connectivity index (χ0) is 20.3. The van der Waals surface area contributed by atoms with E-state index in [-0.39, 0.29) is 29.5 Å². The van der Waals surface area contributed by atoms with Crippen molar-refractivity contribution in [3.05, 3.63) is 92.0 Å². The number of nitrogens with one attached hydrogen (secondary N) is 1. The van der Waals surface area contributed by atoms with Gasteiger partial charge in [-0.15, -0.1) is 0 Å². The SMILES string of the molecule is Cc1nc(NCc2ccc(F)cc2F)c(Cl)c(=O)n1Cc1ccc(C#N)cc1. The van der Waals surface area contributed by atoms with E-state index in [0.29, 0.717) is 11.4 Å². The molecule has 0 atom stereocenters. The Morgan fingerprint density at radius 2 is 1.93 bits per heavy atom. The number of anilines is 1. The smallest absolute Gasteiger partial charge is 0.274 e. The summed E-state index contributed by atoms with van der Waals surface area (Å²) in [6.07, 6.45) is 0. The average Bonchev–Trinajstić information content (AvgIpc) is 2.68. The van der Waals surface area contributed by atoms with Crippen LogP contribution in [0.3, 0.4) is 0 Å². The van der Waals surface area contributed by atoms with Crippen molar-refractivity contribution in [2.75, 3.05) is 5.32 Å². The zero-order valence-corrected chi connectivity index (χ0v) is 15.6. The number of hydrogen-bond donors (Lipinski definition) is 1. The molecule has 3 aromatic rings. The molecule has 28 heavy (non-hydrogen) atoms. The van der Waals surface area contributed by atoms with Crippen LogP contribution in [0.25, 0.3) is 0 Å². The van der Waals surface area contributed by atoms with Gasteiger partial charge in [0, 0.05) is 18.2 Å². The van der Waals surface area contributed by atoms with Crippen molar-refractivity contribution in [1.82, 2.24) is 9.55 Å². The van der Waals surface area contributed by atoms with Crippen LogP contribution in [-0.2, 0) is 13.1 Å². The quantitative estimate of drug-likeness (QED) is 0.702. The van der Waals surface area contributed by atoms with Crippen molar-refractivity contribution in [1.29, 1.82) is 5.26 Å². The fourth-order valence-electron chi connectivity index (χ4n) is 2.65. The number of aryl methyl sites for hydroxylation is 1. The Labute approximate surface area is 164 Å². The van der Waals surface area contributed by atoms with Gasteiger partial charge in [-0.3, -0.25) is 9.36 Å². The summed E-state index contributed by atoms with van der Waals surface area (Å²) in [5.74, 6) is -0.821. The molecule has 2 aromatic carbocycles. The summed E-state index contributed by atoms with van der Waals surface area (Å²) >= 11 is 6.16. The first kappa shape index (κ1) is 19.5. The molecule has 0 aliphatic rings. The first-order valence-corrected chi connectivity index (χ1v) is 8.70. The van der Waals surface area contributed by atoms with Crippen molar-refractivity contribution >= 4 is 17.4 Å². The van der Waals surface area contributed by atoms with Gasteiger partial charge in [-0.25, -0.2) is 13.8 Å². The second-order valence-electron chi connectivity index (χ2n) is 6.11. The molecule has 0 amide bonds. The molecule has 0 aliphatic carbocycles. The number of rotatable bonds is 5. The summed E-state index contributed by atoms with van der Waals surface area (Å²) in [5.41, 5.74) is 1.12. The van der Waals surface area contributed by atoms with Crippen LogP contribution in [0, 0.1) is 29.9 Å². The van der Waals surface area contributed by atoms with Crippen LogP contribution in [0.1, 0.15) is 22.5 Å². The number of hydrogen-bond acceptors (Lipinski definition) is 4. The van der Waals surface area contributed by atoms with Gasteiger partial charge >= 0.3 is 0 Å². The van der Waals surface area contributed by atoms with E-state index >= 15 is 0 Å². The zero-order valence-electron chi connectivity index (χ0n) is 14.8. The monoisotopic (exact) mass is 400 g/mol. The van der Waals surface area contributed by atoms with Gasteiger partial charge in [0.2, 0.25) is 0 Å². The molecule has 1 N–H and O–H groups in total. The molecule has 5 nitrogen and oxygen atoms in total. The molecule has 0 fully saturated rings. The molecule has 0 radical (unpaired) electrons. The maximum atomic E-state index is 13.8. The van der Waals surface area contributed by atoms with E-state index in [4.69, 9.17) is 16.9 Å². The molecule has 0 bridgehead atoms. The van der Waals surface area contributed by atoms with Crippen LogP contribution >= 0.6 is 11.6 Å². The molecule has 1 heterocycles. The van der Waals surface area contributed by atoms with Crippen LogP contribution in [0.2, 0.25) is 5.02 Å².